The third-order valence-electron chi connectivity index (χ3n) is 3.58. The van der Waals surface area contributed by atoms with Crippen molar-refractivity contribution in [2.24, 2.45) is 17.6 Å². The molecular formula is C12H20F3NOS. The molecule has 0 amide bonds. The molecule has 18 heavy (non-hydrogen) atoms. The Kier molecular flexibility index (Phi) is 5.85. The van der Waals surface area contributed by atoms with Gasteiger partial charge in [0.15, 0.2) is 0 Å². The maximum Gasteiger partial charge on any atom is 0.400 e. The highest BCUT2D eigenvalue weighted by atomic mass is 32.1. The van der Waals surface area contributed by atoms with E-state index in [-0.39, 0.29) is 6.10 Å². The molecule has 0 saturated heterocycles. The molecule has 0 aromatic carbocycles. The van der Waals surface area contributed by atoms with Gasteiger partial charge in [0.1, 0.15) is 5.92 Å². The van der Waals surface area contributed by atoms with Gasteiger partial charge in [-0.05, 0) is 18.8 Å². The van der Waals surface area contributed by atoms with E-state index in [0.717, 1.165) is 32.1 Å². The van der Waals surface area contributed by atoms with Crippen molar-refractivity contribution in [3.8, 4) is 0 Å². The van der Waals surface area contributed by atoms with Crippen molar-refractivity contribution in [1.29, 1.82) is 0 Å². The Morgan fingerprint density at radius 3 is 2.50 bits per heavy atom. The quantitative estimate of drug-likeness (QED) is 0.785. The van der Waals surface area contributed by atoms with Gasteiger partial charge in [-0.15, -0.1) is 0 Å². The topological polar surface area (TPSA) is 35.2 Å². The number of thiocarbonyl (C=S) groups is 1. The van der Waals surface area contributed by atoms with Crippen LogP contribution in [-0.2, 0) is 4.74 Å². The summed E-state index contributed by atoms with van der Waals surface area (Å²) < 4.78 is 43.4. The lowest BCUT2D eigenvalue weighted by molar-refractivity contribution is -0.175. The predicted molar refractivity (Wildman–Crippen MR) is 68.3 cm³/mol. The first-order valence-corrected chi connectivity index (χ1v) is 6.74. The minimum Gasteiger partial charge on any atom is -0.393 e. The van der Waals surface area contributed by atoms with E-state index >= 15 is 0 Å². The van der Waals surface area contributed by atoms with Crippen LogP contribution in [0, 0.1) is 11.8 Å². The molecule has 3 unspecified atom stereocenters. The van der Waals surface area contributed by atoms with E-state index in [9.17, 15) is 13.2 Å². The molecule has 2 nitrogen and oxygen atoms in total. The third kappa shape index (κ3) is 4.39. The van der Waals surface area contributed by atoms with Crippen LogP contribution in [0.5, 0.6) is 0 Å². The largest absolute Gasteiger partial charge is 0.400 e. The smallest absolute Gasteiger partial charge is 0.393 e. The molecule has 0 aliphatic heterocycles. The summed E-state index contributed by atoms with van der Waals surface area (Å²) in [6, 6.07) is 0. The molecule has 1 rings (SSSR count). The molecule has 0 aromatic heterocycles. The van der Waals surface area contributed by atoms with Crippen LogP contribution in [0.1, 0.15) is 39.0 Å². The molecule has 0 heterocycles. The summed E-state index contributed by atoms with van der Waals surface area (Å²) in [5.41, 5.74) is 5.14. The lowest BCUT2D eigenvalue weighted by atomic mass is 9.84. The van der Waals surface area contributed by atoms with Crippen molar-refractivity contribution >= 4 is 17.2 Å². The summed E-state index contributed by atoms with van der Waals surface area (Å²) in [7, 11) is 0. The van der Waals surface area contributed by atoms with Gasteiger partial charge < -0.3 is 10.5 Å². The normalized spacial score (nSPS) is 26.9. The van der Waals surface area contributed by atoms with Gasteiger partial charge in [-0.25, -0.2) is 0 Å². The second-order valence-corrected chi connectivity index (χ2v) is 5.29. The van der Waals surface area contributed by atoms with Crippen LogP contribution in [0.25, 0.3) is 0 Å². The Hall–Kier alpha value is -0.360. The standard InChI is InChI=1S/C12H20F3NOS/c1-2-8-5-3-4-6-10(8)17-7-9(11(16)18)12(13,14)15/h8-10H,2-7H2,1H3,(H2,16,18). The number of ether oxygens (including phenoxy) is 1. The van der Waals surface area contributed by atoms with Crippen molar-refractivity contribution in [3.63, 3.8) is 0 Å². The van der Waals surface area contributed by atoms with E-state index in [2.05, 4.69) is 12.2 Å². The van der Waals surface area contributed by atoms with Crippen LogP contribution < -0.4 is 5.73 Å². The van der Waals surface area contributed by atoms with Crippen LogP contribution in [0.3, 0.4) is 0 Å². The average Bonchev–Trinajstić information content (AvgIpc) is 2.27. The minimum atomic E-state index is -4.41. The average molecular weight is 283 g/mol. The van der Waals surface area contributed by atoms with Crippen LogP contribution in [0.4, 0.5) is 13.2 Å². The number of hydrogen-bond acceptors (Lipinski definition) is 2. The summed E-state index contributed by atoms with van der Waals surface area (Å²) >= 11 is 4.47. The van der Waals surface area contributed by atoms with Gasteiger partial charge in [0.05, 0.1) is 17.7 Å². The summed E-state index contributed by atoms with van der Waals surface area (Å²) in [6.07, 6.45) is 0.464. The van der Waals surface area contributed by atoms with Gasteiger partial charge in [-0.3, -0.25) is 0 Å². The first-order valence-electron chi connectivity index (χ1n) is 6.33. The molecule has 1 fully saturated rings. The van der Waals surface area contributed by atoms with E-state index in [1.54, 1.807) is 0 Å². The fourth-order valence-corrected chi connectivity index (χ4v) is 2.62. The van der Waals surface area contributed by atoms with Crippen molar-refractivity contribution in [2.45, 2.75) is 51.3 Å². The number of alkyl halides is 3. The monoisotopic (exact) mass is 283 g/mol. The Balaban J connectivity index is 2.53. The molecule has 2 N–H and O–H groups in total. The zero-order valence-corrected chi connectivity index (χ0v) is 11.3. The molecule has 1 aliphatic rings. The predicted octanol–water partition coefficient (Wildman–Crippen LogP) is 3.44. The summed E-state index contributed by atoms with van der Waals surface area (Å²) in [6.45, 7) is 1.60. The van der Waals surface area contributed by atoms with Gasteiger partial charge in [-0.1, -0.05) is 38.4 Å². The molecule has 3 atom stereocenters. The van der Waals surface area contributed by atoms with Crippen molar-refractivity contribution in [3.05, 3.63) is 0 Å². The lowest BCUT2D eigenvalue weighted by Crippen LogP contribution is -2.40. The van der Waals surface area contributed by atoms with E-state index in [4.69, 9.17) is 10.5 Å². The molecule has 6 heteroatoms. The first-order chi connectivity index (χ1) is 8.36. The van der Waals surface area contributed by atoms with E-state index in [1.165, 1.54) is 0 Å². The van der Waals surface area contributed by atoms with Crippen LogP contribution in [0.2, 0.25) is 0 Å². The summed E-state index contributed by atoms with van der Waals surface area (Å²) in [5.74, 6) is -1.47. The Bertz CT molecular complexity index is 283. The van der Waals surface area contributed by atoms with Crippen molar-refractivity contribution < 1.29 is 17.9 Å². The zero-order chi connectivity index (χ0) is 13.8. The number of hydrogen-bond donors (Lipinski definition) is 1. The fraction of sp³-hybridized carbons (Fsp3) is 0.917. The maximum absolute atomic E-state index is 12.7. The van der Waals surface area contributed by atoms with Crippen LogP contribution in [-0.4, -0.2) is 23.9 Å². The molecule has 0 aromatic rings. The zero-order valence-electron chi connectivity index (χ0n) is 10.5. The SMILES string of the molecule is CCC1CCCCC1OCC(C(N)=S)C(F)(F)F. The van der Waals surface area contributed by atoms with E-state index < -0.39 is 23.7 Å². The molecule has 0 bridgehead atoms. The lowest BCUT2D eigenvalue weighted by Gasteiger charge is -2.32. The summed E-state index contributed by atoms with van der Waals surface area (Å²) in [5, 5.41) is 0. The maximum atomic E-state index is 12.7. The van der Waals surface area contributed by atoms with Crippen LogP contribution in [0.15, 0.2) is 0 Å². The third-order valence-corrected chi connectivity index (χ3v) is 3.86. The highest BCUT2D eigenvalue weighted by Gasteiger charge is 2.42. The van der Waals surface area contributed by atoms with E-state index in [0.29, 0.717) is 5.92 Å². The molecule has 0 spiro atoms. The number of rotatable bonds is 5. The van der Waals surface area contributed by atoms with Gasteiger partial charge >= 0.3 is 6.18 Å². The second kappa shape index (κ2) is 6.70. The molecule has 106 valence electrons. The minimum absolute atomic E-state index is 0.0806. The first kappa shape index (κ1) is 15.7. The Morgan fingerprint density at radius 1 is 1.39 bits per heavy atom. The number of halogens is 3. The highest BCUT2D eigenvalue weighted by molar-refractivity contribution is 7.80. The Labute approximate surface area is 111 Å². The van der Waals surface area contributed by atoms with E-state index in [1.807, 2.05) is 6.92 Å². The Morgan fingerprint density at radius 2 is 2.00 bits per heavy atom. The molecular weight excluding hydrogens is 263 g/mol. The molecule has 0 radical (unpaired) electrons. The highest BCUT2D eigenvalue weighted by Crippen LogP contribution is 2.32. The van der Waals surface area contributed by atoms with Gasteiger partial charge in [0.2, 0.25) is 0 Å². The molecule has 1 saturated carbocycles. The van der Waals surface area contributed by atoms with Crippen molar-refractivity contribution in [1.82, 2.24) is 0 Å². The van der Waals surface area contributed by atoms with Gasteiger partial charge in [0.25, 0.3) is 0 Å². The second-order valence-electron chi connectivity index (χ2n) is 4.82. The van der Waals surface area contributed by atoms with Crippen molar-refractivity contribution in [2.75, 3.05) is 6.61 Å². The van der Waals surface area contributed by atoms with Gasteiger partial charge in [0, 0.05) is 0 Å². The fourth-order valence-electron chi connectivity index (χ4n) is 2.42. The summed E-state index contributed by atoms with van der Waals surface area (Å²) in [4.78, 5) is -0.536. The molecule has 1 aliphatic carbocycles. The van der Waals surface area contributed by atoms with Gasteiger partial charge in [-0.2, -0.15) is 13.2 Å². The number of nitrogens with two attached hydrogens (primary N) is 1. The van der Waals surface area contributed by atoms with Crippen LogP contribution >= 0.6 is 12.2 Å².